The Morgan fingerprint density at radius 1 is 1.05 bits per heavy atom. The molecule has 21 heavy (non-hydrogen) atoms. The van der Waals surface area contributed by atoms with Crippen LogP contribution in [0.4, 0.5) is 8.78 Å². The zero-order chi connectivity index (χ0) is 15.1. The van der Waals surface area contributed by atoms with Gasteiger partial charge in [0, 0.05) is 12.1 Å². The number of nitrogens with one attached hydrogen (secondary N) is 1. The molecule has 0 radical (unpaired) electrons. The smallest absolute Gasteiger partial charge is 0.263 e. The van der Waals surface area contributed by atoms with E-state index in [1.165, 1.54) is 12.1 Å². The van der Waals surface area contributed by atoms with Crippen LogP contribution in [-0.4, -0.2) is 13.7 Å². The highest BCUT2D eigenvalue weighted by Gasteiger charge is 2.05. The molecule has 1 N–H and O–H groups in total. The van der Waals surface area contributed by atoms with Gasteiger partial charge < -0.3 is 10.1 Å². The molecule has 2 aromatic carbocycles. The lowest BCUT2D eigenvalue weighted by atomic mass is 10.1. The lowest BCUT2D eigenvalue weighted by Crippen LogP contribution is -2.16. The Morgan fingerprint density at radius 2 is 1.76 bits per heavy atom. The monoisotopic (exact) mass is 291 g/mol. The number of hydrogen-bond acceptors (Lipinski definition) is 2. The summed E-state index contributed by atoms with van der Waals surface area (Å²) in [6, 6.07) is 14.3. The van der Waals surface area contributed by atoms with Crippen LogP contribution in [-0.2, 0) is 13.0 Å². The van der Waals surface area contributed by atoms with Gasteiger partial charge in [-0.1, -0.05) is 42.5 Å². The van der Waals surface area contributed by atoms with Crippen molar-refractivity contribution in [2.24, 2.45) is 0 Å². The number of methoxy groups -OCH3 is 1. The summed E-state index contributed by atoms with van der Waals surface area (Å²) in [5.74, 6) is 0.889. The van der Waals surface area contributed by atoms with E-state index in [0.717, 1.165) is 29.8 Å². The molecule has 0 aliphatic heterocycles. The van der Waals surface area contributed by atoms with E-state index in [9.17, 15) is 8.78 Å². The molecule has 0 spiro atoms. The average Bonchev–Trinajstić information content (AvgIpc) is 2.52. The zero-order valence-corrected chi connectivity index (χ0v) is 12.0. The summed E-state index contributed by atoms with van der Waals surface area (Å²) in [6.07, 6.45) is -1.54. The van der Waals surface area contributed by atoms with Crippen molar-refractivity contribution in [2.75, 3.05) is 13.7 Å². The van der Waals surface area contributed by atoms with Crippen molar-refractivity contribution in [1.82, 2.24) is 5.32 Å². The Labute approximate surface area is 123 Å². The van der Waals surface area contributed by atoms with Gasteiger partial charge in [-0.05, 0) is 30.2 Å². The van der Waals surface area contributed by atoms with E-state index in [4.69, 9.17) is 4.74 Å². The van der Waals surface area contributed by atoms with Gasteiger partial charge >= 0.3 is 0 Å². The minimum absolute atomic E-state index is 0.0628. The summed E-state index contributed by atoms with van der Waals surface area (Å²) in [4.78, 5) is 0. The largest absolute Gasteiger partial charge is 0.496 e. The normalized spacial score (nSPS) is 10.9. The number of rotatable bonds is 7. The van der Waals surface area contributed by atoms with E-state index in [1.54, 1.807) is 19.2 Å². The lowest BCUT2D eigenvalue weighted by molar-refractivity contribution is 0.151. The number of hydrogen-bond donors (Lipinski definition) is 1. The molecule has 0 heterocycles. The number of para-hydroxylation sites is 1. The van der Waals surface area contributed by atoms with Crippen LogP contribution >= 0.6 is 0 Å². The second-order valence-corrected chi connectivity index (χ2v) is 4.78. The number of alkyl halides is 2. The van der Waals surface area contributed by atoms with Crippen molar-refractivity contribution in [3.8, 4) is 5.75 Å². The molecule has 0 unspecified atom stereocenters. The van der Waals surface area contributed by atoms with E-state index in [-0.39, 0.29) is 5.56 Å². The molecule has 0 bridgehead atoms. The molecule has 4 heteroatoms. The molecule has 0 aromatic heterocycles. The van der Waals surface area contributed by atoms with Gasteiger partial charge in [0.1, 0.15) is 5.75 Å². The number of halogens is 2. The summed E-state index contributed by atoms with van der Waals surface area (Å²) in [5, 5.41) is 3.31. The Balaban J connectivity index is 1.79. The Morgan fingerprint density at radius 3 is 2.43 bits per heavy atom. The second-order valence-electron chi connectivity index (χ2n) is 4.78. The van der Waals surface area contributed by atoms with Crippen LogP contribution in [0.1, 0.15) is 23.1 Å². The maximum atomic E-state index is 12.4. The summed E-state index contributed by atoms with van der Waals surface area (Å²) >= 11 is 0. The van der Waals surface area contributed by atoms with Crippen LogP contribution in [0.25, 0.3) is 0 Å². The molecule has 0 amide bonds. The minimum atomic E-state index is -2.41. The van der Waals surface area contributed by atoms with Crippen molar-refractivity contribution >= 4 is 0 Å². The standard InChI is InChI=1S/C17H19F2NO/c1-21-16-5-3-2-4-14(16)10-11-20-12-13-6-8-15(9-7-13)17(18)19/h2-9,17,20H,10-12H2,1H3. The van der Waals surface area contributed by atoms with E-state index >= 15 is 0 Å². The quantitative estimate of drug-likeness (QED) is 0.780. The SMILES string of the molecule is COc1ccccc1CCNCc1ccc(C(F)F)cc1. The van der Waals surface area contributed by atoms with Gasteiger partial charge in [-0.15, -0.1) is 0 Å². The first-order valence-electron chi connectivity index (χ1n) is 6.90. The van der Waals surface area contributed by atoms with Gasteiger partial charge in [-0.3, -0.25) is 0 Å². The third-order valence-electron chi connectivity index (χ3n) is 3.32. The summed E-state index contributed by atoms with van der Waals surface area (Å²) in [5.41, 5.74) is 2.22. The summed E-state index contributed by atoms with van der Waals surface area (Å²) in [7, 11) is 1.66. The van der Waals surface area contributed by atoms with E-state index in [0.29, 0.717) is 6.54 Å². The molecule has 0 atom stereocenters. The molecular formula is C17H19F2NO. The van der Waals surface area contributed by atoms with Crippen molar-refractivity contribution < 1.29 is 13.5 Å². The molecule has 2 nitrogen and oxygen atoms in total. The fraction of sp³-hybridized carbons (Fsp3) is 0.294. The summed E-state index contributed by atoms with van der Waals surface area (Å²) < 4.78 is 30.2. The highest BCUT2D eigenvalue weighted by molar-refractivity contribution is 5.33. The lowest BCUT2D eigenvalue weighted by Gasteiger charge is -2.09. The molecule has 112 valence electrons. The Kier molecular flexibility index (Phi) is 5.69. The third-order valence-corrected chi connectivity index (χ3v) is 3.32. The fourth-order valence-electron chi connectivity index (χ4n) is 2.15. The van der Waals surface area contributed by atoms with Crippen LogP contribution in [0.15, 0.2) is 48.5 Å². The number of benzene rings is 2. The Bertz CT molecular complexity index is 555. The first-order valence-corrected chi connectivity index (χ1v) is 6.90. The van der Waals surface area contributed by atoms with Gasteiger partial charge in [0.2, 0.25) is 0 Å². The fourth-order valence-corrected chi connectivity index (χ4v) is 2.15. The molecule has 0 saturated heterocycles. The topological polar surface area (TPSA) is 21.3 Å². The van der Waals surface area contributed by atoms with Crippen LogP contribution < -0.4 is 10.1 Å². The van der Waals surface area contributed by atoms with Crippen LogP contribution in [0.5, 0.6) is 5.75 Å². The van der Waals surface area contributed by atoms with Crippen LogP contribution in [0.3, 0.4) is 0 Å². The molecular weight excluding hydrogens is 272 g/mol. The molecule has 2 rings (SSSR count). The van der Waals surface area contributed by atoms with Gasteiger partial charge in [0.25, 0.3) is 6.43 Å². The van der Waals surface area contributed by atoms with Gasteiger partial charge in [0.05, 0.1) is 7.11 Å². The maximum Gasteiger partial charge on any atom is 0.263 e. The molecule has 0 aliphatic rings. The second kappa shape index (κ2) is 7.74. The maximum absolute atomic E-state index is 12.4. The predicted molar refractivity (Wildman–Crippen MR) is 79.8 cm³/mol. The number of ether oxygens (including phenoxy) is 1. The first kappa shape index (κ1) is 15.4. The van der Waals surface area contributed by atoms with Crippen molar-refractivity contribution in [2.45, 2.75) is 19.4 Å². The van der Waals surface area contributed by atoms with Gasteiger partial charge in [-0.2, -0.15) is 0 Å². The molecule has 0 fully saturated rings. The van der Waals surface area contributed by atoms with Gasteiger partial charge in [0.15, 0.2) is 0 Å². The summed E-state index contributed by atoms with van der Waals surface area (Å²) in [6.45, 7) is 1.47. The van der Waals surface area contributed by atoms with Crippen molar-refractivity contribution in [3.63, 3.8) is 0 Å². The van der Waals surface area contributed by atoms with E-state index in [2.05, 4.69) is 5.32 Å². The first-order chi connectivity index (χ1) is 10.2. The highest BCUT2D eigenvalue weighted by Crippen LogP contribution is 2.19. The van der Waals surface area contributed by atoms with Gasteiger partial charge in [-0.25, -0.2) is 8.78 Å². The molecule has 2 aromatic rings. The van der Waals surface area contributed by atoms with E-state index in [1.807, 2.05) is 24.3 Å². The average molecular weight is 291 g/mol. The van der Waals surface area contributed by atoms with Crippen molar-refractivity contribution in [3.05, 3.63) is 65.2 Å². The van der Waals surface area contributed by atoms with E-state index < -0.39 is 6.43 Å². The highest BCUT2D eigenvalue weighted by atomic mass is 19.3. The Hall–Kier alpha value is -1.94. The van der Waals surface area contributed by atoms with Crippen molar-refractivity contribution in [1.29, 1.82) is 0 Å². The zero-order valence-electron chi connectivity index (χ0n) is 12.0. The molecule has 0 saturated carbocycles. The van der Waals surface area contributed by atoms with Crippen LogP contribution in [0.2, 0.25) is 0 Å². The van der Waals surface area contributed by atoms with Crippen LogP contribution in [0, 0.1) is 0 Å². The molecule has 0 aliphatic carbocycles. The predicted octanol–water partition coefficient (Wildman–Crippen LogP) is 3.97. The minimum Gasteiger partial charge on any atom is -0.496 e. The third kappa shape index (κ3) is 4.53.